The summed E-state index contributed by atoms with van der Waals surface area (Å²) in [7, 11) is 0. The lowest BCUT2D eigenvalue weighted by molar-refractivity contribution is 0.0346. The highest BCUT2D eigenvalue weighted by Crippen LogP contribution is 2.25. The number of morpholine rings is 1. The van der Waals surface area contributed by atoms with Crippen LogP contribution in [0.1, 0.15) is 4.88 Å². The van der Waals surface area contributed by atoms with Gasteiger partial charge in [0, 0.05) is 48.7 Å². The normalized spacial score (nSPS) is 16.9. The van der Waals surface area contributed by atoms with Gasteiger partial charge in [0.2, 0.25) is 0 Å². The Balaban J connectivity index is 1.69. The van der Waals surface area contributed by atoms with E-state index in [0.29, 0.717) is 0 Å². The Bertz CT molecular complexity index is 494. The van der Waals surface area contributed by atoms with Crippen molar-refractivity contribution in [1.29, 1.82) is 0 Å². The fourth-order valence-corrected chi connectivity index (χ4v) is 2.93. The molecule has 1 fully saturated rings. The Kier molecular flexibility index (Phi) is 3.64. The zero-order valence-corrected chi connectivity index (χ0v) is 10.9. The molecule has 0 amide bonds. The molecule has 0 atom stereocenters. The lowest BCUT2D eigenvalue weighted by atomic mass is 10.3. The highest BCUT2D eigenvalue weighted by molar-refractivity contribution is 7.15. The van der Waals surface area contributed by atoms with E-state index >= 15 is 0 Å². The molecule has 94 valence electrons. The maximum absolute atomic E-state index is 5.35. The molecule has 0 N–H and O–H groups in total. The number of ether oxygens (including phenoxy) is 1. The summed E-state index contributed by atoms with van der Waals surface area (Å²) >= 11 is 1.75. The summed E-state index contributed by atoms with van der Waals surface area (Å²) in [6.45, 7) is 4.68. The van der Waals surface area contributed by atoms with Gasteiger partial charge in [-0.3, -0.25) is 9.88 Å². The second kappa shape index (κ2) is 5.56. The molecule has 1 aliphatic heterocycles. The SMILES string of the molecule is c1cncc(-c2ncc(CN3CCOCC3)s2)c1. The Morgan fingerprint density at radius 2 is 2.17 bits per heavy atom. The predicted octanol–water partition coefficient (Wildman–Crippen LogP) is 2.04. The first-order valence-electron chi connectivity index (χ1n) is 6.07. The van der Waals surface area contributed by atoms with Gasteiger partial charge >= 0.3 is 0 Å². The summed E-state index contributed by atoms with van der Waals surface area (Å²) in [6, 6.07) is 3.99. The molecule has 0 spiro atoms. The van der Waals surface area contributed by atoms with E-state index in [1.165, 1.54) is 4.88 Å². The first-order valence-corrected chi connectivity index (χ1v) is 6.89. The van der Waals surface area contributed by atoms with E-state index in [4.69, 9.17) is 4.74 Å². The van der Waals surface area contributed by atoms with E-state index in [1.807, 2.05) is 24.5 Å². The highest BCUT2D eigenvalue weighted by Gasteiger charge is 2.12. The minimum absolute atomic E-state index is 0.842. The first-order chi connectivity index (χ1) is 8.92. The van der Waals surface area contributed by atoms with Crippen molar-refractivity contribution in [3.63, 3.8) is 0 Å². The number of rotatable bonds is 3. The van der Waals surface area contributed by atoms with Crippen LogP contribution in [0.25, 0.3) is 10.6 Å². The highest BCUT2D eigenvalue weighted by atomic mass is 32.1. The second-order valence-electron chi connectivity index (χ2n) is 4.26. The molecule has 2 aromatic heterocycles. The van der Waals surface area contributed by atoms with Crippen LogP contribution in [0.15, 0.2) is 30.7 Å². The summed E-state index contributed by atoms with van der Waals surface area (Å²) < 4.78 is 5.35. The van der Waals surface area contributed by atoms with Crippen LogP contribution in [0, 0.1) is 0 Å². The molecule has 3 heterocycles. The Hall–Kier alpha value is -1.30. The molecular weight excluding hydrogens is 246 g/mol. The molecule has 3 rings (SSSR count). The number of pyridine rings is 1. The van der Waals surface area contributed by atoms with Gasteiger partial charge in [-0.2, -0.15) is 0 Å². The fourth-order valence-electron chi connectivity index (χ4n) is 1.98. The predicted molar refractivity (Wildman–Crippen MR) is 71.4 cm³/mol. The van der Waals surface area contributed by atoms with Crippen LogP contribution in [-0.4, -0.2) is 41.2 Å². The van der Waals surface area contributed by atoms with Crippen molar-refractivity contribution < 1.29 is 4.74 Å². The molecule has 18 heavy (non-hydrogen) atoms. The molecule has 0 unspecified atom stereocenters. The first kappa shape index (κ1) is 11.8. The molecular formula is C13H15N3OS. The molecule has 4 nitrogen and oxygen atoms in total. The molecule has 0 radical (unpaired) electrons. The van der Waals surface area contributed by atoms with Crippen molar-refractivity contribution in [1.82, 2.24) is 14.9 Å². The Morgan fingerprint density at radius 1 is 1.28 bits per heavy atom. The summed E-state index contributed by atoms with van der Waals surface area (Å²) in [5, 5.41) is 1.05. The molecule has 0 aliphatic carbocycles. The van der Waals surface area contributed by atoms with Gasteiger partial charge in [-0.25, -0.2) is 4.98 Å². The zero-order valence-electron chi connectivity index (χ0n) is 10.1. The van der Waals surface area contributed by atoms with Crippen LogP contribution in [-0.2, 0) is 11.3 Å². The second-order valence-corrected chi connectivity index (χ2v) is 5.38. The van der Waals surface area contributed by atoms with Gasteiger partial charge in [-0.15, -0.1) is 11.3 Å². The van der Waals surface area contributed by atoms with Gasteiger partial charge < -0.3 is 4.74 Å². The molecule has 2 aromatic rings. The van der Waals surface area contributed by atoms with E-state index < -0.39 is 0 Å². The third kappa shape index (κ3) is 2.75. The lowest BCUT2D eigenvalue weighted by Crippen LogP contribution is -2.35. The van der Waals surface area contributed by atoms with Crippen molar-refractivity contribution in [2.45, 2.75) is 6.54 Å². The number of aromatic nitrogens is 2. The van der Waals surface area contributed by atoms with Crippen molar-refractivity contribution in [3.8, 4) is 10.6 Å². The van der Waals surface area contributed by atoms with E-state index in [0.717, 1.165) is 43.4 Å². The van der Waals surface area contributed by atoms with Gasteiger partial charge in [0.05, 0.1) is 13.2 Å². The van der Waals surface area contributed by atoms with Gasteiger partial charge in [0.1, 0.15) is 5.01 Å². The number of thiazole rings is 1. The van der Waals surface area contributed by atoms with E-state index in [9.17, 15) is 0 Å². The molecule has 1 aliphatic rings. The lowest BCUT2D eigenvalue weighted by Gasteiger charge is -2.25. The minimum atomic E-state index is 0.842. The van der Waals surface area contributed by atoms with Crippen LogP contribution < -0.4 is 0 Å². The molecule has 0 saturated carbocycles. The third-order valence-electron chi connectivity index (χ3n) is 2.95. The summed E-state index contributed by atoms with van der Waals surface area (Å²) in [5.41, 5.74) is 1.09. The minimum Gasteiger partial charge on any atom is -0.379 e. The van der Waals surface area contributed by atoms with Crippen LogP contribution >= 0.6 is 11.3 Å². The molecule has 5 heteroatoms. The molecule has 0 bridgehead atoms. The number of nitrogens with zero attached hydrogens (tertiary/aromatic N) is 3. The maximum atomic E-state index is 5.35. The summed E-state index contributed by atoms with van der Waals surface area (Å²) in [6.07, 6.45) is 5.62. The quantitative estimate of drug-likeness (QED) is 0.847. The van der Waals surface area contributed by atoms with Crippen molar-refractivity contribution >= 4 is 11.3 Å². The van der Waals surface area contributed by atoms with Gasteiger partial charge in [0.25, 0.3) is 0 Å². The summed E-state index contributed by atoms with van der Waals surface area (Å²) in [5.74, 6) is 0. The van der Waals surface area contributed by atoms with E-state index in [1.54, 1.807) is 17.5 Å². The van der Waals surface area contributed by atoms with E-state index in [2.05, 4.69) is 14.9 Å². The maximum Gasteiger partial charge on any atom is 0.125 e. The van der Waals surface area contributed by atoms with Crippen molar-refractivity contribution in [3.05, 3.63) is 35.6 Å². The Labute approximate surface area is 110 Å². The third-order valence-corrected chi connectivity index (χ3v) is 3.98. The monoisotopic (exact) mass is 261 g/mol. The number of hydrogen-bond donors (Lipinski definition) is 0. The largest absolute Gasteiger partial charge is 0.379 e. The van der Waals surface area contributed by atoms with Crippen LogP contribution in [0.3, 0.4) is 0 Å². The number of hydrogen-bond acceptors (Lipinski definition) is 5. The van der Waals surface area contributed by atoms with Crippen LogP contribution in [0.5, 0.6) is 0 Å². The van der Waals surface area contributed by atoms with Crippen molar-refractivity contribution in [2.75, 3.05) is 26.3 Å². The van der Waals surface area contributed by atoms with Crippen LogP contribution in [0.2, 0.25) is 0 Å². The van der Waals surface area contributed by atoms with Crippen LogP contribution in [0.4, 0.5) is 0 Å². The summed E-state index contributed by atoms with van der Waals surface area (Å²) in [4.78, 5) is 12.3. The molecule has 0 aromatic carbocycles. The van der Waals surface area contributed by atoms with Crippen molar-refractivity contribution in [2.24, 2.45) is 0 Å². The fraction of sp³-hybridized carbons (Fsp3) is 0.385. The zero-order chi connectivity index (χ0) is 12.2. The Morgan fingerprint density at radius 3 is 2.94 bits per heavy atom. The van der Waals surface area contributed by atoms with Gasteiger partial charge in [0.15, 0.2) is 0 Å². The smallest absolute Gasteiger partial charge is 0.125 e. The standard InChI is InChI=1S/C13H15N3OS/c1-2-11(8-14-3-1)13-15-9-12(18-13)10-16-4-6-17-7-5-16/h1-3,8-9H,4-7,10H2. The topological polar surface area (TPSA) is 38.2 Å². The van der Waals surface area contributed by atoms with Gasteiger partial charge in [-0.1, -0.05) is 0 Å². The van der Waals surface area contributed by atoms with E-state index in [-0.39, 0.29) is 0 Å². The average Bonchev–Trinajstić information content (AvgIpc) is 2.89. The molecule has 1 saturated heterocycles. The average molecular weight is 261 g/mol. The van der Waals surface area contributed by atoms with Gasteiger partial charge in [-0.05, 0) is 12.1 Å².